The summed E-state index contributed by atoms with van der Waals surface area (Å²) in [5.41, 5.74) is 2.17. The van der Waals surface area contributed by atoms with Crippen LogP contribution in [0.2, 0.25) is 0 Å². The largest absolute Gasteiger partial charge is 0.341 e. The molecule has 1 aliphatic rings. The summed E-state index contributed by atoms with van der Waals surface area (Å²) in [6.07, 6.45) is 2.42. The lowest BCUT2D eigenvalue weighted by molar-refractivity contribution is 0.383. The van der Waals surface area contributed by atoms with Gasteiger partial charge in [-0.25, -0.2) is 4.98 Å². The van der Waals surface area contributed by atoms with Gasteiger partial charge in [0.2, 0.25) is 0 Å². The molecule has 0 radical (unpaired) electrons. The Morgan fingerprint density at radius 3 is 2.88 bits per heavy atom. The van der Waals surface area contributed by atoms with Gasteiger partial charge in [-0.15, -0.1) is 0 Å². The third-order valence-electron chi connectivity index (χ3n) is 3.34. The zero-order valence-corrected chi connectivity index (χ0v) is 9.87. The summed E-state index contributed by atoms with van der Waals surface area (Å²) >= 11 is 0. The molecule has 2 heterocycles. The van der Waals surface area contributed by atoms with Gasteiger partial charge in [0.05, 0.1) is 17.6 Å². The second-order valence-corrected chi connectivity index (χ2v) is 4.61. The van der Waals surface area contributed by atoms with Crippen molar-refractivity contribution in [2.45, 2.75) is 25.4 Å². The van der Waals surface area contributed by atoms with Crippen LogP contribution in [0.1, 0.15) is 18.7 Å². The number of imidazole rings is 1. The molecule has 3 N–H and O–H groups in total. The molecule has 3 rings (SSSR count). The Balaban J connectivity index is 1.64. The lowest BCUT2D eigenvalue weighted by Gasteiger charge is -2.23. The number of nitrogens with zero attached hydrogens (tertiary/aromatic N) is 1. The second kappa shape index (κ2) is 4.85. The summed E-state index contributed by atoms with van der Waals surface area (Å²) in [4.78, 5) is 7.91. The predicted molar refractivity (Wildman–Crippen MR) is 68.8 cm³/mol. The minimum Gasteiger partial charge on any atom is -0.341 e. The van der Waals surface area contributed by atoms with E-state index in [-0.39, 0.29) is 0 Å². The fourth-order valence-electron chi connectivity index (χ4n) is 2.36. The van der Waals surface area contributed by atoms with Crippen LogP contribution < -0.4 is 10.6 Å². The minimum atomic E-state index is 0.629. The molecule has 0 saturated carbocycles. The van der Waals surface area contributed by atoms with Gasteiger partial charge in [0, 0.05) is 6.04 Å². The van der Waals surface area contributed by atoms with Gasteiger partial charge in [-0.2, -0.15) is 0 Å². The standard InChI is InChI=1S/C13H18N4/c1-2-4-12-11(3-1)16-13(17-12)9-15-10-5-7-14-8-6-10/h1-4,10,14-15H,5-9H2,(H,16,17). The molecule has 0 amide bonds. The molecule has 0 bridgehead atoms. The normalized spacial score (nSPS) is 17.6. The van der Waals surface area contributed by atoms with Crippen molar-refractivity contribution in [1.29, 1.82) is 0 Å². The smallest absolute Gasteiger partial charge is 0.121 e. The van der Waals surface area contributed by atoms with E-state index in [9.17, 15) is 0 Å². The van der Waals surface area contributed by atoms with Crippen molar-refractivity contribution >= 4 is 11.0 Å². The first-order valence-corrected chi connectivity index (χ1v) is 6.29. The number of aromatic nitrogens is 2. The van der Waals surface area contributed by atoms with E-state index in [0.717, 1.165) is 36.5 Å². The number of H-pyrrole nitrogens is 1. The van der Waals surface area contributed by atoms with Gasteiger partial charge in [0.1, 0.15) is 5.82 Å². The van der Waals surface area contributed by atoms with Crippen LogP contribution in [0.4, 0.5) is 0 Å². The molecule has 1 saturated heterocycles. The molecule has 0 aliphatic carbocycles. The first kappa shape index (κ1) is 10.7. The maximum atomic E-state index is 4.56. The quantitative estimate of drug-likeness (QED) is 0.747. The van der Waals surface area contributed by atoms with Gasteiger partial charge in [-0.3, -0.25) is 0 Å². The molecule has 4 nitrogen and oxygen atoms in total. The molecule has 1 aromatic carbocycles. The Morgan fingerprint density at radius 1 is 1.24 bits per heavy atom. The molecule has 1 fully saturated rings. The Morgan fingerprint density at radius 2 is 2.06 bits per heavy atom. The molecule has 1 aliphatic heterocycles. The van der Waals surface area contributed by atoms with Crippen molar-refractivity contribution in [1.82, 2.24) is 20.6 Å². The zero-order chi connectivity index (χ0) is 11.5. The van der Waals surface area contributed by atoms with E-state index >= 15 is 0 Å². The highest BCUT2D eigenvalue weighted by Gasteiger charge is 2.12. The van der Waals surface area contributed by atoms with Crippen molar-refractivity contribution in [2.24, 2.45) is 0 Å². The molecular formula is C13H18N4. The van der Waals surface area contributed by atoms with Crippen LogP contribution in [0.3, 0.4) is 0 Å². The van der Waals surface area contributed by atoms with Gasteiger partial charge in [0.25, 0.3) is 0 Å². The maximum absolute atomic E-state index is 4.56. The summed E-state index contributed by atoms with van der Waals surface area (Å²) in [6, 6.07) is 8.79. The van der Waals surface area contributed by atoms with E-state index in [1.54, 1.807) is 0 Å². The number of benzene rings is 1. The number of nitrogens with one attached hydrogen (secondary N) is 3. The lowest BCUT2D eigenvalue weighted by Crippen LogP contribution is -2.39. The van der Waals surface area contributed by atoms with Crippen LogP contribution >= 0.6 is 0 Å². The van der Waals surface area contributed by atoms with Crippen LogP contribution in [0.25, 0.3) is 11.0 Å². The molecule has 0 spiro atoms. The Labute approximate surface area is 101 Å². The molecule has 0 unspecified atom stereocenters. The summed E-state index contributed by atoms with van der Waals surface area (Å²) in [6.45, 7) is 3.08. The van der Waals surface area contributed by atoms with Crippen LogP contribution in [0.15, 0.2) is 24.3 Å². The highest BCUT2D eigenvalue weighted by Crippen LogP contribution is 2.10. The fourth-order valence-corrected chi connectivity index (χ4v) is 2.36. The summed E-state index contributed by atoms with van der Waals surface area (Å²) in [7, 11) is 0. The lowest BCUT2D eigenvalue weighted by atomic mass is 10.1. The third kappa shape index (κ3) is 2.48. The summed E-state index contributed by atoms with van der Waals surface area (Å²) in [5.74, 6) is 1.03. The average Bonchev–Trinajstić information content (AvgIpc) is 2.80. The number of hydrogen-bond donors (Lipinski definition) is 3. The number of hydrogen-bond acceptors (Lipinski definition) is 3. The van der Waals surface area contributed by atoms with Gasteiger partial charge in [0.15, 0.2) is 0 Å². The van der Waals surface area contributed by atoms with E-state index in [1.165, 1.54) is 12.8 Å². The Kier molecular flexibility index (Phi) is 3.07. The fraction of sp³-hybridized carbons (Fsp3) is 0.462. The SMILES string of the molecule is c1ccc2[nH]c(CNC3CCNCC3)nc2c1. The van der Waals surface area contributed by atoms with Crippen molar-refractivity contribution in [3.05, 3.63) is 30.1 Å². The number of piperidine rings is 1. The number of rotatable bonds is 3. The van der Waals surface area contributed by atoms with E-state index < -0.39 is 0 Å². The van der Waals surface area contributed by atoms with E-state index in [4.69, 9.17) is 0 Å². The van der Waals surface area contributed by atoms with Crippen molar-refractivity contribution in [2.75, 3.05) is 13.1 Å². The van der Waals surface area contributed by atoms with Crippen LogP contribution in [-0.4, -0.2) is 29.1 Å². The minimum absolute atomic E-state index is 0.629. The first-order valence-electron chi connectivity index (χ1n) is 6.29. The van der Waals surface area contributed by atoms with E-state index in [1.807, 2.05) is 18.2 Å². The van der Waals surface area contributed by atoms with Crippen LogP contribution in [-0.2, 0) is 6.54 Å². The Hall–Kier alpha value is -1.39. The topological polar surface area (TPSA) is 52.7 Å². The number of aromatic amines is 1. The van der Waals surface area contributed by atoms with Gasteiger partial charge >= 0.3 is 0 Å². The third-order valence-corrected chi connectivity index (χ3v) is 3.34. The van der Waals surface area contributed by atoms with Crippen molar-refractivity contribution in [3.63, 3.8) is 0 Å². The summed E-state index contributed by atoms with van der Waals surface area (Å²) < 4.78 is 0. The maximum Gasteiger partial charge on any atom is 0.121 e. The predicted octanol–water partition coefficient (Wildman–Crippen LogP) is 1.40. The van der Waals surface area contributed by atoms with Gasteiger partial charge in [-0.1, -0.05) is 12.1 Å². The Bertz CT molecular complexity index is 452. The van der Waals surface area contributed by atoms with Crippen molar-refractivity contribution < 1.29 is 0 Å². The molecule has 0 atom stereocenters. The second-order valence-electron chi connectivity index (χ2n) is 4.61. The van der Waals surface area contributed by atoms with E-state index in [0.29, 0.717) is 6.04 Å². The molecule has 17 heavy (non-hydrogen) atoms. The molecule has 4 heteroatoms. The van der Waals surface area contributed by atoms with Crippen molar-refractivity contribution in [3.8, 4) is 0 Å². The number of para-hydroxylation sites is 2. The van der Waals surface area contributed by atoms with Crippen LogP contribution in [0, 0.1) is 0 Å². The number of fused-ring (bicyclic) bond motifs is 1. The van der Waals surface area contributed by atoms with Gasteiger partial charge < -0.3 is 15.6 Å². The van der Waals surface area contributed by atoms with Crippen LogP contribution in [0.5, 0.6) is 0 Å². The molecule has 2 aromatic rings. The average molecular weight is 230 g/mol. The monoisotopic (exact) mass is 230 g/mol. The summed E-state index contributed by atoms with van der Waals surface area (Å²) in [5, 5.41) is 6.94. The van der Waals surface area contributed by atoms with E-state index in [2.05, 4.69) is 26.7 Å². The zero-order valence-electron chi connectivity index (χ0n) is 9.87. The first-order chi connectivity index (χ1) is 8.42. The van der Waals surface area contributed by atoms with Gasteiger partial charge in [-0.05, 0) is 38.1 Å². The molecule has 1 aromatic heterocycles. The molecule has 90 valence electrons. The highest BCUT2D eigenvalue weighted by atomic mass is 15.0. The highest BCUT2D eigenvalue weighted by molar-refractivity contribution is 5.74. The molecular weight excluding hydrogens is 212 g/mol.